The maximum absolute atomic E-state index is 12.5. The Labute approximate surface area is 163 Å². The lowest BCUT2D eigenvalue weighted by Crippen LogP contribution is -2.41. The molecule has 5 heteroatoms. The van der Waals surface area contributed by atoms with Crippen LogP contribution in [-0.2, 0) is 11.2 Å². The van der Waals surface area contributed by atoms with Crippen molar-refractivity contribution in [2.75, 3.05) is 32.8 Å². The fourth-order valence-corrected chi connectivity index (χ4v) is 4.10. The molecule has 2 aliphatic heterocycles. The Morgan fingerprint density at radius 2 is 2.15 bits per heavy atom. The average Bonchev–Trinajstić information content (AvgIpc) is 3.06. The summed E-state index contributed by atoms with van der Waals surface area (Å²) in [5, 5.41) is 9.98. The first kappa shape index (κ1) is 20.2. The summed E-state index contributed by atoms with van der Waals surface area (Å²) in [6.07, 6.45) is 5.21. The van der Waals surface area contributed by atoms with Crippen LogP contribution in [0.4, 0.5) is 0 Å². The Kier molecular flexibility index (Phi) is 7.13. The second-order valence-corrected chi connectivity index (χ2v) is 8.61. The lowest BCUT2D eigenvalue weighted by Gasteiger charge is -2.33. The summed E-state index contributed by atoms with van der Waals surface area (Å²) in [5.74, 6) is 1.72. The van der Waals surface area contributed by atoms with Crippen LogP contribution < -0.4 is 20.7 Å². The van der Waals surface area contributed by atoms with Gasteiger partial charge < -0.3 is 20.7 Å². The molecule has 0 bridgehead atoms. The van der Waals surface area contributed by atoms with Gasteiger partial charge >= 0.3 is 0 Å². The number of ether oxygens (including phenoxy) is 1. The summed E-state index contributed by atoms with van der Waals surface area (Å²) >= 11 is 0. The number of hydrogen-bond donors (Lipinski definition) is 3. The molecule has 3 N–H and O–H groups in total. The monoisotopic (exact) mass is 373 g/mol. The fourth-order valence-electron chi connectivity index (χ4n) is 4.10. The van der Waals surface area contributed by atoms with Gasteiger partial charge in [0.25, 0.3) is 0 Å². The van der Waals surface area contributed by atoms with E-state index < -0.39 is 0 Å². The van der Waals surface area contributed by atoms with Gasteiger partial charge in [-0.2, -0.15) is 0 Å². The van der Waals surface area contributed by atoms with Crippen LogP contribution in [0.15, 0.2) is 24.3 Å². The topological polar surface area (TPSA) is 62.4 Å². The molecule has 0 saturated carbocycles. The predicted octanol–water partition coefficient (Wildman–Crippen LogP) is 2.50. The summed E-state index contributed by atoms with van der Waals surface area (Å²) < 4.78 is 5.83. The zero-order valence-corrected chi connectivity index (χ0v) is 16.9. The summed E-state index contributed by atoms with van der Waals surface area (Å²) in [7, 11) is 0. The third kappa shape index (κ3) is 5.94. The zero-order valence-electron chi connectivity index (χ0n) is 16.9. The van der Waals surface area contributed by atoms with Crippen LogP contribution in [-0.4, -0.2) is 44.7 Å². The van der Waals surface area contributed by atoms with Gasteiger partial charge in [0.2, 0.25) is 5.91 Å². The predicted molar refractivity (Wildman–Crippen MR) is 109 cm³/mol. The van der Waals surface area contributed by atoms with Crippen molar-refractivity contribution in [3.05, 3.63) is 29.8 Å². The van der Waals surface area contributed by atoms with Crippen molar-refractivity contribution in [1.29, 1.82) is 0 Å². The van der Waals surface area contributed by atoms with Crippen LogP contribution in [0.1, 0.15) is 45.1 Å². The largest absolute Gasteiger partial charge is 0.494 e. The molecular formula is C22H35N3O2. The number of benzene rings is 1. The molecule has 1 spiro atoms. The van der Waals surface area contributed by atoms with E-state index in [9.17, 15) is 4.79 Å². The minimum atomic E-state index is -0.0335. The Morgan fingerprint density at radius 1 is 1.33 bits per heavy atom. The van der Waals surface area contributed by atoms with Gasteiger partial charge in [-0.05, 0) is 74.2 Å². The number of amides is 1. The molecular weight excluding hydrogens is 338 g/mol. The van der Waals surface area contributed by atoms with Crippen LogP contribution in [0.3, 0.4) is 0 Å². The van der Waals surface area contributed by atoms with Gasteiger partial charge in [-0.15, -0.1) is 0 Å². The summed E-state index contributed by atoms with van der Waals surface area (Å²) in [6.45, 7) is 8.95. The molecule has 27 heavy (non-hydrogen) atoms. The second kappa shape index (κ2) is 9.56. The first-order chi connectivity index (χ1) is 13.1. The normalized spacial score (nSPS) is 21.5. The van der Waals surface area contributed by atoms with E-state index in [0.717, 1.165) is 51.3 Å². The minimum Gasteiger partial charge on any atom is -0.494 e. The molecule has 1 atom stereocenters. The summed E-state index contributed by atoms with van der Waals surface area (Å²) in [6, 6.07) is 8.18. The highest BCUT2D eigenvalue weighted by molar-refractivity contribution is 5.82. The standard InChI is InChI=1S/C22H35N3O2/c1-17(2)7-13-27-19-5-3-4-18(14-19)6-10-24-21(26)20-15-22(16-25-20)8-11-23-12-9-22/h3-5,14,17,20,23,25H,6-13,15-16H2,1-2H3,(H,24,26)/t20-/m1/s1. The molecule has 0 aliphatic carbocycles. The van der Waals surface area contributed by atoms with Crippen molar-refractivity contribution < 1.29 is 9.53 Å². The summed E-state index contributed by atoms with van der Waals surface area (Å²) in [4.78, 5) is 12.5. The highest BCUT2D eigenvalue weighted by Gasteiger charge is 2.41. The molecule has 3 rings (SSSR count). The smallest absolute Gasteiger partial charge is 0.237 e. The van der Waals surface area contributed by atoms with Gasteiger partial charge in [-0.1, -0.05) is 26.0 Å². The van der Waals surface area contributed by atoms with Gasteiger partial charge in [-0.3, -0.25) is 4.79 Å². The van der Waals surface area contributed by atoms with Gasteiger partial charge in [0.15, 0.2) is 0 Å². The number of carbonyl (C=O) groups is 1. The first-order valence-corrected chi connectivity index (χ1v) is 10.5. The fraction of sp³-hybridized carbons (Fsp3) is 0.682. The van der Waals surface area contributed by atoms with Crippen LogP contribution >= 0.6 is 0 Å². The number of nitrogens with one attached hydrogen (secondary N) is 3. The van der Waals surface area contributed by atoms with Crippen molar-refractivity contribution in [3.63, 3.8) is 0 Å². The SMILES string of the molecule is CC(C)CCOc1cccc(CCNC(=O)[C@H]2CC3(CCNCC3)CN2)c1. The maximum Gasteiger partial charge on any atom is 0.237 e. The second-order valence-electron chi connectivity index (χ2n) is 8.61. The number of hydrogen-bond acceptors (Lipinski definition) is 4. The highest BCUT2D eigenvalue weighted by atomic mass is 16.5. The van der Waals surface area contributed by atoms with Crippen LogP contribution in [0.2, 0.25) is 0 Å². The van der Waals surface area contributed by atoms with E-state index in [4.69, 9.17) is 4.74 Å². The number of piperidine rings is 1. The Hall–Kier alpha value is -1.59. The lowest BCUT2D eigenvalue weighted by atomic mass is 9.77. The van der Waals surface area contributed by atoms with Crippen LogP contribution in [0.5, 0.6) is 5.75 Å². The minimum absolute atomic E-state index is 0.0335. The van der Waals surface area contributed by atoms with Crippen molar-refractivity contribution in [3.8, 4) is 5.75 Å². The maximum atomic E-state index is 12.5. The molecule has 1 aromatic rings. The number of carbonyl (C=O) groups excluding carboxylic acids is 1. The highest BCUT2D eigenvalue weighted by Crippen LogP contribution is 2.37. The van der Waals surface area contributed by atoms with E-state index in [2.05, 4.69) is 41.9 Å². The van der Waals surface area contributed by atoms with Gasteiger partial charge in [-0.25, -0.2) is 0 Å². The number of rotatable bonds is 8. The molecule has 2 fully saturated rings. The van der Waals surface area contributed by atoms with Crippen LogP contribution in [0.25, 0.3) is 0 Å². The molecule has 0 unspecified atom stereocenters. The van der Waals surface area contributed by atoms with Crippen molar-refractivity contribution in [2.45, 2.75) is 52.0 Å². The van der Waals surface area contributed by atoms with Gasteiger partial charge in [0, 0.05) is 13.1 Å². The molecule has 1 aromatic carbocycles. The Bertz CT molecular complexity index is 611. The summed E-state index contributed by atoms with van der Waals surface area (Å²) in [5.41, 5.74) is 1.53. The van der Waals surface area contributed by atoms with Crippen molar-refractivity contribution in [2.24, 2.45) is 11.3 Å². The molecule has 0 aromatic heterocycles. The molecule has 2 saturated heterocycles. The molecule has 2 heterocycles. The van der Waals surface area contributed by atoms with Gasteiger partial charge in [0.05, 0.1) is 12.6 Å². The molecule has 1 amide bonds. The van der Waals surface area contributed by atoms with E-state index in [1.54, 1.807) is 0 Å². The third-order valence-electron chi connectivity index (χ3n) is 5.92. The molecule has 0 radical (unpaired) electrons. The zero-order chi connectivity index (χ0) is 19.1. The van der Waals surface area contributed by atoms with E-state index in [0.29, 0.717) is 17.9 Å². The third-order valence-corrected chi connectivity index (χ3v) is 5.92. The quantitative estimate of drug-likeness (QED) is 0.655. The van der Waals surface area contributed by atoms with E-state index in [1.807, 2.05) is 12.1 Å². The Morgan fingerprint density at radius 3 is 2.93 bits per heavy atom. The molecule has 150 valence electrons. The van der Waals surface area contributed by atoms with Gasteiger partial charge in [0.1, 0.15) is 5.75 Å². The van der Waals surface area contributed by atoms with E-state index >= 15 is 0 Å². The van der Waals surface area contributed by atoms with E-state index in [1.165, 1.54) is 18.4 Å². The molecule has 5 nitrogen and oxygen atoms in total. The van der Waals surface area contributed by atoms with Crippen molar-refractivity contribution >= 4 is 5.91 Å². The average molecular weight is 374 g/mol. The van der Waals surface area contributed by atoms with Crippen LogP contribution in [0, 0.1) is 11.3 Å². The van der Waals surface area contributed by atoms with E-state index in [-0.39, 0.29) is 11.9 Å². The first-order valence-electron chi connectivity index (χ1n) is 10.5. The Balaban J connectivity index is 1.40. The lowest BCUT2D eigenvalue weighted by molar-refractivity contribution is -0.122. The molecule has 2 aliphatic rings. The van der Waals surface area contributed by atoms with Crippen molar-refractivity contribution in [1.82, 2.24) is 16.0 Å².